The summed E-state index contributed by atoms with van der Waals surface area (Å²) < 4.78 is 17.7. The molecule has 3 rings (SSSR count). The second-order valence-electron chi connectivity index (χ2n) is 9.45. The van der Waals surface area contributed by atoms with Crippen molar-refractivity contribution in [3.05, 3.63) is 29.8 Å². The third-order valence-corrected chi connectivity index (χ3v) is 6.72. The van der Waals surface area contributed by atoms with Gasteiger partial charge in [0.25, 0.3) is 5.91 Å². The fourth-order valence-corrected chi connectivity index (χ4v) is 5.02. The Morgan fingerprint density at radius 1 is 1.17 bits per heavy atom. The van der Waals surface area contributed by atoms with Crippen LogP contribution in [0.5, 0.6) is 5.75 Å². The number of carboxylic acids is 1. The van der Waals surface area contributed by atoms with Gasteiger partial charge in [0.05, 0.1) is 7.11 Å². The minimum atomic E-state index is -1.77. The lowest BCUT2D eigenvalue weighted by molar-refractivity contribution is -0.331. The molecule has 1 saturated carbocycles. The molecule has 1 aromatic rings. The molecule has 1 aromatic carbocycles. The summed E-state index contributed by atoms with van der Waals surface area (Å²) >= 11 is 0. The molecule has 0 radical (unpaired) electrons. The molecular weight excluding hydrogens is 460 g/mol. The van der Waals surface area contributed by atoms with Gasteiger partial charge in [-0.1, -0.05) is 25.0 Å². The molecule has 1 saturated heterocycles. The van der Waals surface area contributed by atoms with Crippen molar-refractivity contribution in [2.75, 3.05) is 34.3 Å². The number of aliphatic hydroxyl groups excluding tert-OH is 3. The van der Waals surface area contributed by atoms with Gasteiger partial charge in [-0.3, -0.25) is 9.59 Å². The highest BCUT2D eigenvalue weighted by molar-refractivity contribution is 5.85. The number of amides is 1. The van der Waals surface area contributed by atoms with E-state index in [1.807, 2.05) is 43.3 Å². The number of methoxy groups -OCH3 is 1. The number of aliphatic carboxylic acids is 1. The minimum Gasteiger partial charge on any atom is -0.497 e. The number of ether oxygens (including phenoxy) is 3. The van der Waals surface area contributed by atoms with Crippen LogP contribution in [0.25, 0.3) is 0 Å². The molecule has 11 heteroatoms. The monoisotopic (exact) mass is 496 g/mol. The number of nitrogens with one attached hydrogen (secondary N) is 1. The highest BCUT2D eigenvalue weighted by atomic mass is 16.7. The molecule has 0 spiro atoms. The normalized spacial score (nSPS) is 33.3. The van der Waals surface area contributed by atoms with Gasteiger partial charge in [-0.05, 0) is 44.6 Å². The van der Waals surface area contributed by atoms with Crippen LogP contribution in [-0.2, 0) is 24.7 Å². The van der Waals surface area contributed by atoms with Gasteiger partial charge in [0.2, 0.25) is 0 Å². The molecule has 7 atom stereocenters. The number of aliphatic hydroxyl groups is 3. The number of hydrogen-bond donors (Lipinski definition) is 5. The zero-order chi connectivity index (χ0) is 25.8. The summed E-state index contributed by atoms with van der Waals surface area (Å²) in [5, 5.41) is 42.6. The van der Waals surface area contributed by atoms with E-state index in [0.29, 0.717) is 18.7 Å². The van der Waals surface area contributed by atoms with E-state index in [9.17, 15) is 24.9 Å². The maximum Gasteiger partial charge on any atom is 0.322 e. The smallest absolute Gasteiger partial charge is 0.322 e. The second kappa shape index (κ2) is 11.6. The van der Waals surface area contributed by atoms with Crippen LogP contribution in [0.1, 0.15) is 31.2 Å². The molecule has 1 aliphatic carbocycles. The van der Waals surface area contributed by atoms with Crippen LogP contribution in [0.3, 0.4) is 0 Å². The number of hydrogen-bond acceptors (Lipinski definition) is 9. The van der Waals surface area contributed by atoms with Gasteiger partial charge in [0, 0.05) is 12.5 Å². The number of carbonyl (C=O) groups is 2. The third-order valence-electron chi connectivity index (χ3n) is 6.72. The quantitative estimate of drug-likeness (QED) is 0.306. The maximum atomic E-state index is 12.5. The number of carboxylic acid groups (broad SMARTS) is 1. The number of rotatable bonds is 9. The predicted molar refractivity (Wildman–Crippen MR) is 124 cm³/mol. The van der Waals surface area contributed by atoms with E-state index in [1.54, 1.807) is 7.11 Å². The van der Waals surface area contributed by atoms with Gasteiger partial charge in [-0.2, -0.15) is 0 Å². The molecule has 35 heavy (non-hydrogen) atoms. The fourth-order valence-electron chi connectivity index (χ4n) is 5.02. The molecule has 0 aromatic heterocycles. The Labute approximate surface area is 204 Å². The van der Waals surface area contributed by atoms with E-state index in [1.165, 1.54) is 0 Å². The van der Waals surface area contributed by atoms with Gasteiger partial charge in [-0.25, -0.2) is 0 Å². The van der Waals surface area contributed by atoms with Crippen molar-refractivity contribution >= 4 is 11.9 Å². The van der Waals surface area contributed by atoms with E-state index >= 15 is 0 Å². The van der Waals surface area contributed by atoms with Crippen molar-refractivity contribution in [2.24, 2.45) is 5.92 Å². The van der Waals surface area contributed by atoms with Crippen molar-refractivity contribution < 1.29 is 44.2 Å². The molecular formula is C24H36N2O9. The molecule has 196 valence electrons. The maximum absolute atomic E-state index is 12.5. The Balaban J connectivity index is 1.97. The summed E-state index contributed by atoms with van der Waals surface area (Å²) in [7, 11) is 5.48. The SMILES string of the molecule is COc1cccc(C2(OC3OC(C(=O)NCC(=O)O)C(O)C(O)C3O)CCCCC2CN(C)C)c1. The lowest BCUT2D eigenvalue weighted by Gasteiger charge is -2.49. The number of carbonyl (C=O) groups excluding carboxylic acids is 1. The first-order chi connectivity index (χ1) is 16.6. The third kappa shape index (κ3) is 6.11. The van der Waals surface area contributed by atoms with Crippen LogP contribution < -0.4 is 10.1 Å². The lowest BCUT2D eigenvalue weighted by atomic mass is 9.70. The molecule has 0 bridgehead atoms. The molecule has 2 fully saturated rings. The topological polar surface area (TPSA) is 158 Å². The van der Waals surface area contributed by atoms with Crippen LogP contribution in [0.2, 0.25) is 0 Å². The molecule has 1 aliphatic heterocycles. The molecule has 1 amide bonds. The summed E-state index contributed by atoms with van der Waals surface area (Å²) in [6.45, 7) is -0.0119. The van der Waals surface area contributed by atoms with Crippen LogP contribution >= 0.6 is 0 Å². The minimum absolute atomic E-state index is 0.0163. The fraction of sp³-hybridized carbons (Fsp3) is 0.667. The van der Waals surface area contributed by atoms with Gasteiger partial charge in [0.15, 0.2) is 12.4 Å². The van der Waals surface area contributed by atoms with Crippen LogP contribution in [0, 0.1) is 5.92 Å². The van der Waals surface area contributed by atoms with Crippen molar-refractivity contribution in [1.29, 1.82) is 0 Å². The Morgan fingerprint density at radius 3 is 2.57 bits per heavy atom. The molecule has 5 N–H and O–H groups in total. The second-order valence-corrected chi connectivity index (χ2v) is 9.45. The first-order valence-corrected chi connectivity index (χ1v) is 11.7. The highest BCUT2D eigenvalue weighted by Gasteiger charge is 2.52. The molecule has 2 aliphatic rings. The van der Waals surface area contributed by atoms with Gasteiger partial charge in [0.1, 0.15) is 36.2 Å². The van der Waals surface area contributed by atoms with Crippen LogP contribution in [-0.4, -0.2) is 102 Å². The number of nitrogens with zero attached hydrogens (tertiary/aromatic N) is 1. The zero-order valence-corrected chi connectivity index (χ0v) is 20.3. The summed E-state index contributed by atoms with van der Waals surface area (Å²) in [5.41, 5.74) is -0.126. The van der Waals surface area contributed by atoms with Crippen LogP contribution in [0.15, 0.2) is 24.3 Å². The van der Waals surface area contributed by atoms with Crippen molar-refractivity contribution in [3.63, 3.8) is 0 Å². The Kier molecular flexibility index (Phi) is 9.08. The Bertz CT molecular complexity index is 882. The lowest BCUT2D eigenvalue weighted by Crippen LogP contribution is -2.64. The molecule has 1 heterocycles. The first-order valence-electron chi connectivity index (χ1n) is 11.7. The van der Waals surface area contributed by atoms with Gasteiger partial charge in [-0.15, -0.1) is 0 Å². The van der Waals surface area contributed by atoms with Crippen LogP contribution in [0.4, 0.5) is 0 Å². The highest BCUT2D eigenvalue weighted by Crippen LogP contribution is 2.47. The standard InChI is InChI=1S/C24H36N2O9/c1-26(2)13-15-7-4-5-10-24(15,14-8-6-9-16(11-14)33-3)35-23-20(31)18(29)19(30)21(34-23)22(32)25-12-17(27)28/h6,8-9,11,15,18-21,23,29-31H,4-5,7,10,12-13H2,1-3H3,(H,25,32)(H,27,28). The molecule has 11 nitrogen and oxygen atoms in total. The average molecular weight is 497 g/mol. The summed E-state index contributed by atoms with van der Waals surface area (Å²) in [6, 6.07) is 7.44. The van der Waals surface area contributed by atoms with Crippen molar-refractivity contribution in [3.8, 4) is 5.75 Å². The van der Waals surface area contributed by atoms with E-state index in [-0.39, 0.29) is 5.92 Å². The first kappa shape index (κ1) is 27.3. The van der Waals surface area contributed by atoms with E-state index in [0.717, 1.165) is 24.8 Å². The summed E-state index contributed by atoms with van der Waals surface area (Å²) in [6.07, 6.45) is -4.97. The largest absolute Gasteiger partial charge is 0.497 e. The van der Waals surface area contributed by atoms with Crippen molar-refractivity contribution in [1.82, 2.24) is 10.2 Å². The van der Waals surface area contributed by atoms with E-state index in [2.05, 4.69) is 5.32 Å². The Hall–Kier alpha value is -2.28. The summed E-state index contributed by atoms with van der Waals surface area (Å²) in [4.78, 5) is 25.4. The number of benzene rings is 1. The van der Waals surface area contributed by atoms with E-state index in [4.69, 9.17) is 19.3 Å². The summed E-state index contributed by atoms with van der Waals surface area (Å²) in [5.74, 6) is -1.59. The predicted octanol–water partition coefficient (Wildman–Crippen LogP) is -0.333. The Morgan fingerprint density at radius 2 is 1.91 bits per heavy atom. The average Bonchev–Trinajstić information content (AvgIpc) is 2.83. The van der Waals surface area contributed by atoms with E-state index < -0.39 is 54.7 Å². The van der Waals surface area contributed by atoms with Gasteiger partial charge >= 0.3 is 5.97 Å². The molecule has 7 unspecified atom stereocenters. The van der Waals surface area contributed by atoms with Gasteiger partial charge < -0.3 is 44.9 Å². The van der Waals surface area contributed by atoms with Crippen molar-refractivity contribution in [2.45, 2.75) is 62.0 Å². The zero-order valence-electron chi connectivity index (χ0n) is 20.3.